The Hall–Kier alpha value is -4.11. The van der Waals surface area contributed by atoms with Crippen LogP contribution in [0.15, 0.2) is 114 Å². The molecule has 0 spiro atoms. The third kappa shape index (κ3) is 3.58. The summed E-state index contributed by atoms with van der Waals surface area (Å²) in [5.74, 6) is 0.875. The third-order valence-corrected chi connectivity index (χ3v) is 5.75. The van der Waals surface area contributed by atoms with Crippen LogP contribution in [0.2, 0.25) is 0 Å². The number of fused-ring (bicyclic) bond motifs is 1. The SMILES string of the molecule is COc1ccc(C(c2ccccc2)c2c(C(=O)c3ccccc3)oc3ccccc23)cc1. The fraction of sp³-hybridized carbons (Fsp3) is 0.0690. The summed E-state index contributed by atoms with van der Waals surface area (Å²) >= 11 is 0. The Morgan fingerprint density at radius 3 is 2.00 bits per heavy atom. The van der Waals surface area contributed by atoms with Gasteiger partial charge in [-0.1, -0.05) is 91.0 Å². The molecular formula is C29H22O3. The first-order valence-electron chi connectivity index (χ1n) is 10.6. The number of benzene rings is 4. The minimum Gasteiger partial charge on any atom is -0.497 e. The van der Waals surface area contributed by atoms with E-state index in [0.717, 1.165) is 27.8 Å². The van der Waals surface area contributed by atoms with E-state index in [1.54, 1.807) is 7.11 Å². The lowest BCUT2D eigenvalue weighted by molar-refractivity contribution is 0.101. The summed E-state index contributed by atoms with van der Waals surface area (Å²) in [6, 6.07) is 35.4. The molecule has 0 N–H and O–H groups in total. The smallest absolute Gasteiger partial charge is 0.228 e. The molecule has 0 aliphatic rings. The number of furan rings is 1. The number of carbonyl (C=O) groups is 1. The van der Waals surface area contributed by atoms with Crippen LogP contribution in [-0.2, 0) is 0 Å². The zero-order valence-corrected chi connectivity index (χ0v) is 17.7. The monoisotopic (exact) mass is 418 g/mol. The molecule has 5 rings (SSSR count). The van der Waals surface area contributed by atoms with Gasteiger partial charge in [0.2, 0.25) is 5.78 Å². The zero-order valence-electron chi connectivity index (χ0n) is 17.7. The molecule has 0 saturated carbocycles. The fourth-order valence-electron chi connectivity index (χ4n) is 4.21. The Balaban J connectivity index is 1.78. The highest BCUT2D eigenvalue weighted by molar-refractivity contribution is 6.11. The van der Waals surface area contributed by atoms with E-state index in [0.29, 0.717) is 16.9 Å². The van der Waals surface area contributed by atoms with E-state index in [-0.39, 0.29) is 11.7 Å². The molecular weight excluding hydrogens is 396 g/mol. The van der Waals surface area contributed by atoms with E-state index in [2.05, 4.69) is 24.3 Å². The molecule has 3 nitrogen and oxygen atoms in total. The summed E-state index contributed by atoms with van der Waals surface area (Å²) in [7, 11) is 1.66. The fourth-order valence-corrected chi connectivity index (χ4v) is 4.21. The number of ether oxygens (including phenoxy) is 1. The molecule has 0 amide bonds. The van der Waals surface area contributed by atoms with Gasteiger partial charge in [-0.15, -0.1) is 0 Å². The highest BCUT2D eigenvalue weighted by Gasteiger charge is 2.29. The van der Waals surface area contributed by atoms with Gasteiger partial charge in [0.25, 0.3) is 0 Å². The lowest BCUT2D eigenvalue weighted by Gasteiger charge is -2.19. The molecule has 156 valence electrons. The van der Waals surface area contributed by atoms with Gasteiger partial charge in [0.05, 0.1) is 7.11 Å². The Morgan fingerprint density at radius 1 is 0.719 bits per heavy atom. The van der Waals surface area contributed by atoms with Crippen molar-refractivity contribution in [1.82, 2.24) is 0 Å². The molecule has 1 atom stereocenters. The van der Waals surface area contributed by atoms with Crippen molar-refractivity contribution in [2.45, 2.75) is 5.92 Å². The topological polar surface area (TPSA) is 39.4 Å². The Bertz CT molecular complexity index is 1350. The van der Waals surface area contributed by atoms with Gasteiger partial charge >= 0.3 is 0 Å². The molecule has 0 aliphatic heterocycles. The zero-order chi connectivity index (χ0) is 21.9. The number of carbonyl (C=O) groups excluding carboxylic acids is 1. The Morgan fingerprint density at radius 2 is 1.31 bits per heavy atom. The number of hydrogen-bond acceptors (Lipinski definition) is 3. The number of para-hydroxylation sites is 1. The molecule has 0 aliphatic carbocycles. The van der Waals surface area contributed by atoms with Crippen molar-refractivity contribution in [2.75, 3.05) is 7.11 Å². The summed E-state index contributed by atoms with van der Waals surface area (Å²) in [5, 5.41) is 0.941. The molecule has 1 unspecified atom stereocenters. The molecule has 0 saturated heterocycles. The van der Waals surface area contributed by atoms with Crippen molar-refractivity contribution >= 4 is 16.8 Å². The van der Waals surface area contributed by atoms with Gasteiger partial charge in [0.15, 0.2) is 5.76 Å². The second kappa shape index (κ2) is 8.56. The minimum atomic E-state index is -0.173. The molecule has 3 heteroatoms. The van der Waals surface area contributed by atoms with Crippen LogP contribution < -0.4 is 4.74 Å². The number of hydrogen-bond donors (Lipinski definition) is 0. The summed E-state index contributed by atoms with van der Waals surface area (Å²) in [6.45, 7) is 0. The van der Waals surface area contributed by atoms with Gasteiger partial charge in [0.1, 0.15) is 11.3 Å². The van der Waals surface area contributed by atoms with Crippen LogP contribution in [-0.4, -0.2) is 12.9 Å². The molecule has 4 aromatic carbocycles. The highest BCUT2D eigenvalue weighted by Crippen LogP contribution is 2.41. The number of rotatable bonds is 6. The standard InChI is InChI=1S/C29H22O3/c1-31-23-18-16-21(17-19-23)26(20-10-4-2-5-11-20)27-24-14-8-9-15-25(24)32-29(27)28(30)22-12-6-3-7-13-22/h2-19,26H,1H3. The molecule has 32 heavy (non-hydrogen) atoms. The van der Waals surface area contributed by atoms with Gasteiger partial charge in [-0.25, -0.2) is 0 Å². The molecule has 0 radical (unpaired) electrons. The van der Waals surface area contributed by atoms with Crippen molar-refractivity contribution in [2.24, 2.45) is 0 Å². The van der Waals surface area contributed by atoms with E-state index in [1.165, 1.54) is 0 Å². The van der Waals surface area contributed by atoms with Crippen molar-refractivity contribution in [3.8, 4) is 5.75 Å². The number of ketones is 1. The van der Waals surface area contributed by atoms with E-state index in [4.69, 9.17) is 9.15 Å². The van der Waals surface area contributed by atoms with Crippen molar-refractivity contribution in [3.05, 3.63) is 137 Å². The minimum absolute atomic E-state index is 0.119. The Kier molecular flexibility index (Phi) is 5.30. The number of methoxy groups -OCH3 is 1. The van der Waals surface area contributed by atoms with E-state index in [1.807, 2.05) is 84.9 Å². The van der Waals surface area contributed by atoms with Crippen molar-refractivity contribution < 1.29 is 13.9 Å². The van der Waals surface area contributed by atoms with Crippen LogP contribution in [0.3, 0.4) is 0 Å². The second-order valence-corrected chi connectivity index (χ2v) is 7.65. The maximum absolute atomic E-state index is 13.6. The quantitative estimate of drug-likeness (QED) is 0.283. The predicted octanol–water partition coefficient (Wildman–Crippen LogP) is 6.85. The average Bonchev–Trinajstić information content (AvgIpc) is 3.25. The van der Waals surface area contributed by atoms with E-state index < -0.39 is 0 Å². The van der Waals surface area contributed by atoms with Gasteiger partial charge in [0, 0.05) is 22.4 Å². The van der Waals surface area contributed by atoms with Crippen LogP contribution in [0.25, 0.3) is 11.0 Å². The Labute approximate surface area is 186 Å². The van der Waals surface area contributed by atoms with Crippen LogP contribution in [0, 0.1) is 0 Å². The first-order valence-corrected chi connectivity index (χ1v) is 10.6. The van der Waals surface area contributed by atoms with Crippen LogP contribution in [0.4, 0.5) is 0 Å². The summed E-state index contributed by atoms with van der Waals surface area (Å²) in [5.41, 5.74) is 4.34. The largest absolute Gasteiger partial charge is 0.497 e. The average molecular weight is 418 g/mol. The van der Waals surface area contributed by atoms with E-state index in [9.17, 15) is 4.79 Å². The molecule has 1 heterocycles. The van der Waals surface area contributed by atoms with E-state index >= 15 is 0 Å². The maximum Gasteiger partial charge on any atom is 0.228 e. The maximum atomic E-state index is 13.6. The summed E-state index contributed by atoms with van der Waals surface area (Å²) in [4.78, 5) is 13.6. The highest BCUT2D eigenvalue weighted by atomic mass is 16.5. The van der Waals surface area contributed by atoms with Crippen molar-refractivity contribution in [1.29, 1.82) is 0 Å². The lowest BCUT2D eigenvalue weighted by atomic mass is 9.82. The third-order valence-electron chi connectivity index (χ3n) is 5.75. The lowest BCUT2D eigenvalue weighted by Crippen LogP contribution is -2.09. The van der Waals surface area contributed by atoms with Gasteiger partial charge in [-0.3, -0.25) is 4.79 Å². The van der Waals surface area contributed by atoms with Gasteiger partial charge in [-0.05, 0) is 29.3 Å². The van der Waals surface area contributed by atoms with Gasteiger partial charge < -0.3 is 9.15 Å². The molecule has 1 aromatic heterocycles. The van der Waals surface area contributed by atoms with Crippen LogP contribution >= 0.6 is 0 Å². The summed E-state index contributed by atoms with van der Waals surface area (Å²) in [6.07, 6.45) is 0. The predicted molar refractivity (Wildman–Crippen MR) is 126 cm³/mol. The normalized spacial score (nSPS) is 11.9. The second-order valence-electron chi connectivity index (χ2n) is 7.65. The van der Waals surface area contributed by atoms with Gasteiger partial charge in [-0.2, -0.15) is 0 Å². The molecule has 0 bridgehead atoms. The first kappa shape index (κ1) is 19.8. The summed E-state index contributed by atoms with van der Waals surface area (Å²) < 4.78 is 11.6. The molecule has 5 aromatic rings. The van der Waals surface area contributed by atoms with Crippen molar-refractivity contribution in [3.63, 3.8) is 0 Å². The molecule has 0 fully saturated rings. The first-order chi connectivity index (χ1) is 15.8. The van der Waals surface area contributed by atoms with Crippen LogP contribution in [0.5, 0.6) is 5.75 Å². The van der Waals surface area contributed by atoms with Crippen LogP contribution in [0.1, 0.15) is 38.7 Å².